The van der Waals surface area contributed by atoms with Gasteiger partial charge in [-0.3, -0.25) is 0 Å². The molecule has 0 radical (unpaired) electrons. The molecule has 54 valence electrons. The van der Waals surface area contributed by atoms with Crippen LogP contribution in [0.2, 0.25) is 0 Å². The van der Waals surface area contributed by atoms with Crippen LogP contribution in [0.15, 0.2) is 0 Å². The highest BCUT2D eigenvalue weighted by Crippen LogP contribution is 1.99. The highest BCUT2D eigenvalue weighted by molar-refractivity contribution is 7.79. The summed E-state index contributed by atoms with van der Waals surface area (Å²) >= 11 is 4.67. The van der Waals surface area contributed by atoms with Gasteiger partial charge in [-0.25, -0.2) is 0 Å². The molecule has 9 heavy (non-hydrogen) atoms. The molecule has 0 rings (SSSR count). The number of rotatable bonds is 5. The Morgan fingerprint density at radius 3 is 2.67 bits per heavy atom. The second kappa shape index (κ2) is 6.17. The molecule has 0 amide bonds. The van der Waals surface area contributed by atoms with E-state index < -0.39 is 0 Å². The smallest absolute Gasteiger partial charge is 0.0328 e. The lowest BCUT2D eigenvalue weighted by molar-refractivity contribution is 0.645. The number of nitrogens with two attached hydrogens (primary N) is 1. The van der Waals surface area contributed by atoms with Crippen molar-refractivity contribution < 1.29 is 0 Å². The third-order valence-electron chi connectivity index (χ3n) is 1.32. The average Bonchev–Trinajstić information content (AvgIpc) is 1.89. The molecule has 1 nitrogen and oxygen atoms in total. The van der Waals surface area contributed by atoms with Crippen molar-refractivity contribution in [1.29, 1.82) is 0 Å². The number of thiocarbonyl (C=S) groups is 1. The van der Waals surface area contributed by atoms with E-state index in [2.05, 4.69) is 19.1 Å². The predicted molar refractivity (Wildman–Crippen MR) is 45.8 cm³/mol. The molecule has 0 aliphatic heterocycles. The van der Waals surface area contributed by atoms with Crippen LogP contribution >= 0.6 is 12.2 Å². The van der Waals surface area contributed by atoms with Crippen molar-refractivity contribution in [3.05, 3.63) is 0 Å². The Bertz CT molecular complexity index is 73.3. The minimum atomic E-state index is 0.145. The van der Waals surface area contributed by atoms with Gasteiger partial charge in [0.25, 0.3) is 0 Å². The van der Waals surface area contributed by atoms with Gasteiger partial charge < -0.3 is 5.73 Å². The number of hydrogen-bond acceptors (Lipinski definition) is 2. The molecule has 2 heteroatoms. The van der Waals surface area contributed by atoms with E-state index in [1.54, 1.807) is 5.37 Å². The molecule has 0 aliphatic rings. The molecule has 2 N–H and O–H groups in total. The maximum atomic E-state index is 5.55. The van der Waals surface area contributed by atoms with Crippen LogP contribution in [0, 0.1) is 0 Å². The lowest BCUT2D eigenvalue weighted by atomic mass is 10.1. The summed E-state index contributed by atoms with van der Waals surface area (Å²) in [4.78, 5) is 0. The summed E-state index contributed by atoms with van der Waals surface area (Å²) < 4.78 is 0. The van der Waals surface area contributed by atoms with Crippen molar-refractivity contribution in [2.75, 3.05) is 0 Å². The molecule has 0 saturated carbocycles. The third kappa shape index (κ3) is 5.93. The summed E-state index contributed by atoms with van der Waals surface area (Å²) in [6.45, 7) is 2.18. The topological polar surface area (TPSA) is 26.0 Å². The van der Waals surface area contributed by atoms with Gasteiger partial charge in [0.1, 0.15) is 0 Å². The van der Waals surface area contributed by atoms with Gasteiger partial charge in [-0.15, -0.1) is 0 Å². The zero-order chi connectivity index (χ0) is 7.11. The fourth-order valence-corrected chi connectivity index (χ4v) is 0.834. The van der Waals surface area contributed by atoms with E-state index in [0.717, 1.165) is 6.42 Å². The van der Waals surface area contributed by atoms with Gasteiger partial charge in [-0.05, 0) is 11.8 Å². The van der Waals surface area contributed by atoms with Gasteiger partial charge in [-0.2, -0.15) is 0 Å². The van der Waals surface area contributed by atoms with Crippen molar-refractivity contribution in [3.8, 4) is 0 Å². The molecular weight excluding hydrogens is 130 g/mol. The largest absolute Gasteiger partial charge is 0.324 e. The van der Waals surface area contributed by atoms with E-state index in [0.29, 0.717) is 0 Å². The standard InChI is InChI=1S/C7H15NS/c1-2-3-4-5-7(8)6-9/h6-7H,2-5,8H2,1H3. The molecule has 0 heterocycles. The molecule has 1 unspecified atom stereocenters. The third-order valence-corrected chi connectivity index (χ3v) is 1.67. The first kappa shape index (κ1) is 9.05. The molecule has 0 fully saturated rings. The van der Waals surface area contributed by atoms with E-state index in [-0.39, 0.29) is 6.04 Å². The van der Waals surface area contributed by atoms with Crippen molar-refractivity contribution in [3.63, 3.8) is 0 Å². The lowest BCUT2D eigenvalue weighted by Crippen LogP contribution is -2.19. The maximum absolute atomic E-state index is 5.55. The highest BCUT2D eigenvalue weighted by Gasteiger charge is 1.94. The van der Waals surface area contributed by atoms with Crippen LogP contribution in [0.5, 0.6) is 0 Å². The number of unbranched alkanes of at least 4 members (excludes halogenated alkanes) is 2. The summed E-state index contributed by atoms with van der Waals surface area (Å²) in [6, 6.07) is 0.145. The summed E-state index contributed by atoms with van der Waals surface area (Å²) in [6.07, 6.45) is 4.79. The van der Waals surface area contributed by atoms with Crippen molar-refractivity contribution in [2.24, 2.45) is 5.73 Å². The van der Waals surface area contributed by atoms with E-state index in [1.165, 1.54) is 19.3 Å². The molecule has 0 spiro atoms. The van der Waals surface area contributed by atoms with Gasteiger partial charge in [0.2, 0.25) is 0 Å². The second-order valence-electron chi connectivity index (χ2n) is 2.30. The Morgan fingerprint density at radius 1 is 1.56 bits per heavy atom. The predicted octanol–water partition coefficient (Wildman–Crippen LogP) is 1.89. The van der Waals surface area contributed by atoms with Crippen LogP contribution in [0.25, 0.3) is 0 Å². The van der Waals surface area contributed by atoms with Crippen molar-refractivity contribution in [2.45, 2.75) is 38.6 Å². The van der Waals surface area contributed by atoms with E-state index in [1.807, 2.05) is 0 Å². The van der Waals surface area contributed by atoms with Crippen LogP contribution < -0.4 is 5.73 Å². The van der Waals surface area contributed by atoms with E-state index >= 15 is 0 Å². The van der Waals surface area contributed by atoms with Crippen LogP contribution in [0.4, 0.5) is 0 Å². The Labute approximate surface area is 62.6 Å². The fourth-order valence-electron chi connectivity index (χ4n) is 0.698. The normalized spacial score (nSPS) is 13.1. The first-order valence-corrected chi connectivity index (χ1v) is 3.99. The first-order valence-electron chi connectivity index (χ1n) is 3.52. The molecule has 0 aromatic carbocycles. The number of hydrogen-bond donors (Lipinski definition) is 1. The fraction of sp³-hybridized carbons (Fsp3) is 0.857. The van der Waals surface area contributed by atoms with E-state index in [4.69, 9.17) is 5.73 Å². The Balaban J connectivity index is 2.96. The molecule has 0 aliphatic carbocycles. The molecular formula is C7H15NS. The zero-order valence-electron chi connectivity index (χ0n) is 5.97. The SMILES string of the molecule is CCCCCC(N)C=S. The van der Waals surface area contributed by atoms with Crippen LogP contribution in [0.1, 0.15) is 32.6 Å². The lowest BCUT2D eigenvalue weighted by Gasteiger charge is -2.01. The Kier molecular flexibility index (Phi) is 6.21. The van der Waals surface area contributed by atoms with E-state index in [9.17, 15) is 0 Å². The van der Waals surface area contributed by atoms with Crippen LogP contribution in [-0.4, -0.2) is 11.4 Å². The van der Waals surface area contributed by atoms with Gasteiger partial charge in [0.05, 0.1) is 0 Å². The zero-order valence-corrected chi connectivity index (χ0v) is 6.79. The quantitative estimate of drug-likeness (QED) is 0.472. The Morgan fingerprint density at radius 2 is 2.22 bits per heavy atom. The summed E-state index contributed by atoms with van der Waals surface area (Å²) in [5.74, 6) is 0. The average molecular weight is 145 g/mol. The highest BCUT2D eigenvalue weighted by atomic mass is 32.1. The minimum Gasteiger partial charge on any atom is -0.324 e. The van der Waals surface area contributed by atoms with Crippen molar-refractivity contribution in [1.82, 2.24) is 0 Å². The second-order valence-corrected chi connectivity index (χ2v) is 2.57. The van der Waals surface area contributed by atoms with Gasteiger partial charge in [0.15, 0.2) is 0 Å². The van der Waals surface area contributed by atoms with Gasteiger partial charge in [0, 0.05) is 6.04 Å². The molecule has 0 bridgehead atoms. The summed E-state index contributed by atoms with van der Waals surface area (Å²) in [7, 11) is 0. The van der Waals surface area contributed by atoms with Crippen molar-refractivity contribution >= 4 is 17.6 Å². The van der Waals surface area contributed by atoms with Gasteiger partial charge in [-0.1, -0.05) is 38.4 Å². The molecule has 1 atom stereocenters. The monoisotopic (exact) mass is 145 g/mol. The van der Waals surface area contributed by atoms with Crippen LogP contribution in [-0.2, 0) is 0 Å². The van der Waals surface area contributed by atoms with Gasteiger partial charge >= 0.3 is 0 Å². The molecule has 0 aromatic rings. The first-order chi connectivity index (χ1) is 4.31. The Hall–Kier alpha value is 0.0500. The minimum absolute atomic E-state index is 0.145. The summed E-state index contributed by atoms with van der Waals surface area (Å²) in [5.41, 5.74) is 5.55. The summed E-state index contributed by atoms with van der Waals surface area (Å²) in [5, 5.41) is 1.65. The molecule has 0 aromatic heterocycles. The van der Waals surface area contributed by atoms with Crippen LogP contribution in [0.3, 0.4) is 0 Å². The molecule has 0 saturated heterocycles. The maximum Gasteiger partial charge on any atom is 0.0328 e.